The van der Waals surface area contributed by atoms with Crippen LogP contribution in [0.25, 0.3) is 11.3 Å². The summed E-state index contributed by atoms with van der Waals surface area (Å²) in [5.74, 6) is 0.810. The number of carbonyl (C=O) groups excluding carboxylic acids is 1. The predicted molar refractivity (Wildman–Crippen MR) is 96.4 cm³/mol. The molecule has 1 amide bonds. The molecule has 0 atom stereocenters. The first-order valence-electron chi connectivity index (χ1n) is 8.32. The van der Waals surface area contributed by atoms with Gasteiger partial charge in [0.05, 0.1) is 5.69 Å². The minimum Gasteiger partial charge on any atom is -0.399 e. The van der Waals surface area contributed by atoms with Crippen molar-refractivity contribution in [3.63, 3.8) is 0 Å². The van der Waals surface area contributed by atoms with Crippen molar-refractivity contribution in [3.8, 4) is 11.3 Å². The van der Waals surface area contributed by atoms with Gasteiger partial charge in [-0.05, 0) is 24.5 Å². The fourth-order valence-electron chi connectivity index (χ4n) is 3.11. The van der Waals surface area contributed by atoms with Gasteiger partial charge in [0.25, 0.3) is 0 Å². The number of aromatic nitrogens is 1. The molecule has 1 aromatic heterocycles. The molecule has 2 aromatic rings. The van der Waals surface area contributed by atoms with E-state index in [-0.39, 0.29) is 5.91 Å². The number of rotatable bonds is 5. The lowest BCUT2D eigenvalue weighted by Gasteiger charge is -2.20. The lowest BCUT2D eigenvalue weighted by atomic mass is 9.86. The number of nitrogen functional groups attached to an aromatic ring is 1. The van der Waals surface area contributed by atoms with Crippen molar-refractivity contribution in [2.45, 2.75) is 44.9 Å². The van der Waals surface area contributed by atoms with Crippen LogP contribution in [0, 0.1) is 5.92 Å². The van der Waals surface area contributed by atoms with Gasteiger partial charge >= 0.3 is 0 Å². The summed E-state index contributed by atoms with van der Waals surface area (Å²) in [4.78, 5) is 16.6. The maximum atomic E-state index is 12.1. The molecular weight excluding hydrogens is 306 g/mol. The predicted octanol–water partition coefficient (Wildman–Crippen LogP) is 4.69. The van der Waals surface area contributed by atoms with Crippen molar-refractivity contribution in [1.82, 2.24) is 4.98 Å². The molecule has 0 radical (unpaired) electrons. The van der Waals surface area contributed by atoms with Crippen molar-refractivity contribution in [3.05, 3.63) is 29.6 Å². The molecule has 1 saturated carbocycles. The Labute approximate surface area is 141 Å². The maximum absolute atomic E-state index is 12.1. The van der Waals surface area contributed by atoms with Gasteiger partial charge in [-0.1, -0.05) is 44.2 Å². The number of carbonyl (C=O) groups is 1. The van der Waals surface area contributed by atoms with E-state index in [9.17, 15) is 4.79 Å². The lowest BCUT2D eigenvalue weighted by molar-refractivity contribution is -0.116. The number of nitrogens with one attached hydrogen (secondary N) is 1. The number of benzene rings is 1. The van der Waals surface area contributed by atoms with E-state index in [2.05, 4.69) is 10.3 Å². The molecule has 0 spiro atoms. The van der Waals surface area contributed by atoms with E-state index in [0.29, 0.717) is 11.6 Å². The van der Waals surface area contributed by atoms with Crippen LogP contribution in [0.5, 0.6) is 0 Å². The first-order chi connectivity index (χ1) is 11.2. The summed E-state index contributed by atoms with van der Waals surface area (Å²) in [5.41, 5.74) is 8.32. The van der Waals surface area contributed by atoms with Crippen molar-refractivity contribution >= 4 is 28.1 Å². The van der Waals surface area contributed by atoms with Gasteiger partial charge in [-0.3, -0.25) is 4.79 Å². The normalized spacial score (nSPS) is 15.5. The van der Waals surface area contributed by atoms with Gasteiger partial charge < -0.3 is 11.1 Å². The Balaban J connectivity index is 1.51. The third kappa shape index (κ3) is 4.55. The van der Waals surface area contributed by atoms with Crippen LogP contribution in [-0.4, -0.2) is 10.9 Å². The Bertz CT molecular complexity index is 645. The second kappa shape index (κ2) is 7.59. The van der Waals surface area contributed by atoms with E-state index in [1.165, 1.54) is 43.4 Å². The highest BCUT2D eigenvalue weighted by atomic mass is 32.1. The molecule has 0 unspecified atom stereocenters. The smallest absolute Gasteiger partial charge is 0.226 e. The number of hydrogen-bond donors (Lipinski definition) is 2. The van der Waals surface area contributed by atoms with E-state index in [0.717, 1.165) is 29.3 Å². The second-order valence-electron chi connectivity index (χ2n) is 6.25. The zero-order valence-electron chi connectivity index (χ0n) is 13.3. The molecule has 0 bridgehead atoms. The largest absolute Gasteiger partial charge is 0.399 e. The first-order valence-corrected chi connectivity index (χ1v) is 9.20. The standard InChI is InChI=1S/C18H23N3OS/c19-15-9-7-14(8-10-15)16-12-23-18(20-16)21-17(22)11-6-13-4-2-1-3-5-13/h7-10,12-13H,1-6,11,19H2,(H,20,21,22). The SMILES string of the molecule is Nc1ccc(-c2csc(NC(=O)CCC3CCCCC3)n2)cc1. The molecule has 23 heavy (non-hydrogen) atoms. The molecular formula is C18H23N3OS. The Morgan fingerprint density at radius 1 is 1.22 bits per heavy atom. The topological polar surface area (TPSA) is 68.0 Å². The van der Waals surface area contributed by atoms with Crippen molar-refractivity contribution in [2.24, 2.45) is 5.92 Å². The summed E-state index contributed by atoms with van der Waals surface area (Å²) in [6.07, 6.45) is 8.17. The highest BCUT2D eigenvalue weighted by Crippen LogP contribution is 2.28. The monoisotopic (exact) mass is 329 g/mol. The summed E-state index contributed by atoms with van der Waals surface area (Å²) in [5, 5.41) is 5.56. The number of nitrogens with zero attached hydrogens (tertiary/aromatic N) is 1. The van der Waals surface area contributed by atoms with Crippen molar-refractivity contribution in [1.29, 1.82) is 0 Å². The Morgan fingerprint density at radius 2 is 1.96 bits per heavy atom. The average Bonchev–Trinajstić information content (AvgIpc) is 3.03. The summed E-state index contributed by atoms with van der Waals surface area (Å²) in [7, 11) is 0. The third-order valence-electron chi connectivity index (χ3n) is 4.46. The number of nitrogens with two attached hydrogens (primary N) is 1. The highest BCUT2D eigenvalue weighted by molar-refractivity contribution is 7.14. The number of hydrogen-bond acceptors (Lipinski definition) is 4. The Kier molecular flexibility index (Phi) is 5.28. The summed E-state index contributed by atoms with van der Waals surface area (Å²) >= 11 is 1.46. The van der Waals surface area contributed by atoms with E-state index in [4.69, 9.17) is 5.73 Å². The fraction of sp³-hybridized carbons (Fsp3) is 0.444. The van der Waals surface area contributed by atoms with Crippen LogP contribution in [-0.2, 0) is 4.79 Å². The van der Waals surface area contributed by atoms with Crippen LogP contribution in [0.15, 0.2) is 29.6 Å². The van der Waals surface area contributed by atoms with E-state index in [1.54, 1.807) is 0 Å². The molecule has 122 valence electrons. The van der Waals surface area contributed by atoms with E-state index in [1.807, 2.05) is 29.6 Å². The average molecular weight is 329 g/mol. The second-order valence-corrected chi connectivity index (χ2v) is 7.11. The Hall–Kier alpha value is -1.88. The molecule has 4 nitrogen and oxygen atoms in total. The maximum Gasteiger partial charge on any atom is 0.226 e. The van der Waals surface area contributed by atoms with Gasteiger partial charge in [0.1, 0.15) is 0 Å². The molecule has 1 aliphatic carbocycles. The fourth-order valence-corrected chi connectivity index (χ4v) is 3.85. The van der Waals surface area contributed by atoms with Gasteiger partial charge in [0.15, 0.2) is 5.13 Å². The van der Waals surface area contributed by atoms with Crippen LogP contribution in [0.1, 0.15) is 44.9 Å². The third-order valence-corrected chi connectivity index (χ3v) is 5.22. The molecule has 1 heterocycles. The van der Waals surface area contributed by atoms with Crippen molar-refractivity contribution in [2.75, 3.05) is 11.1 Å². The molecule has 1 aliphatic rings. The molecule has 1 aromatic carbocycles. The Morgan fingerprint density at radius 3 is 2.70 bits per heavy atom. The zero-order valence-corrected chi connectivity index (χ0v) is 14.1. The van der Waals surface area contributed by atoms with Crippen LogP contribution in [0.2, 0.25) is 0 Å². The molecule has 5 heteroatoms. The van der Waals surface area contributed by atoms with Gasteiger partial charge in [-0.25, -0.2) is 4.98 Å². The molecule has 0 aliphatic heterocycles. The summed E-state index contributed by atoms with van der Waals surface area (Å²) in [6.45, 7) is 0. The van der Waals surface area contributed by atoms with Gasteiger partial charge in [-0.2, -0.15) is 0 Å². The van der Waals surface area contributed by atoms with Crippen LogP contribution >= 0.6 is 11.3 Å². The molecule has 1 fully saturated rings. The minimum absolute atomic E-state index is 0.0776. The van der Waals surface area contributed by atoms with Crippen LogP contribution < -0.4 is 11.1 Å². The lowest BCUT2D eigenvalue weighted by Crippen LogP contribution is -2.14. The number of anilines is 2. The number of thiazole rings is 1. The highest BCUT2D eigenvalue weighted by Gasteiger charge is 2.15. The number of amides is 1. The molecule has 3 rings (SSSR count). The summed E-state index contributed by atoms with van der Waals surface area (Å²) in [6, 6.07) is 7.60. The van der Waals surface area contributed by atoms with Crippen LogP contribution in [0.3, 0.4) is 0 Å². The van der Waals surface area contributed by atoms with Gasteiger partial charge in [-0.15, -0.1) is 11.3 Å². The minimum atomic E-state index is 0.0776. The van der Waals surface area contributed by atoms with Crippen LogP contribution in [0.4, 0.5) is 10.8 Å². The molecule has 0 saturated heterocycles. The summed E-state index contributed by atoms with van der Waals surface area (Å²) < 4.78 is 0. The van der Waals surface area contributed by atoms with Gasteiger partial charge in [0, 0.05) is 23.1 Å². The molecule has 3 N–H and O–H groups in total. The quantitative estimate of drug-likeness (QED) is 0.782. The van der Waals surface area contributed by atoms with Crippen molar-refractivity contribution < 1.29 is 4.79 Å². The zero-order chi connectivity index (χ0) is 16.1. The van der Waals surface area contributed by atoms with E-state index >= 15 is 0 Å². The first kappa shape index (κ1) is 16.0. The van der Waals surface area contributed by atoms with Gasteiger partial charge in [0.2, 0.25) is 5.91 Å². The van der Waals surface area contributed by atoms with E-state index < -0.39 is 0 Å².